The first kappa shape index (κ1) is 16.7. The summed E-state index contributed by atoms with van der Waals surface area (Å²) >= 11 is 0. The summed E-state index contributed by atoms with van der Waals surface area (Å²) in [7, 11) is 0. The van der Waals surface area contributed by atoms with Crippen LogP contribution in [0.5, 0.6) is 0 Å². The molecule has 0 unspecified atom stereocenters. The topological polar surface area (TPSA) is 29.1 Å². The van der Waals surface area contributed by atoms with Gasteiger partial charge in [0.25, 0.3) is 5.91 Å². The molecule has 1 N–H and O–H groups in total. The van der Waals surface area contributed by atoms with Crippen LogP contribution in [0.25, 0.3) is 11.6 Å². The molecule has 0 aliphatic carbocycles. The van der Waals surface area contributed by atoms with Gasteiger partial charge in [-0.1, -0.05) is 84.9 Å². The fourth-order valence-electron chi connectivity index (χ4n) is 2.70. The van der Waals surface area contributed by atoms with Crippen molar-refractivity contribution >= 4 is 17.6 Å². The van der Waals surface area contributed by atoms with Crippen LogP contribution in [0.1, 0.15) is 27.9 Å². The number of hydrogen-bond acceptors (Lipinski definition) is 1. The lowest BCUT2D eigenvalue weighted by Gasteiger charge is -2.10. The van der Waals surface area contributed by atoms with Crippen LogP contribution in [0.15, 0.2) is 91.0 Å². The second-order valence-electron chi connectivity index (χ2n) is 5.82. The second-order valence-corrected chi connectivity index (χ2v) is 5.82. The molecule has 0 heterocycles. The third-order valence-electron chi connectivity index (χ3n) is 4.00. The molecule has 1 amide bonds. The average Bonchev–Trinajstić information content (AvgIpc) is 2.69. The molecule has 0 saturated heterocycles. The Morgan fingerprint density at radius 1 is 0.720 bits per heavy atom. The zero-order valence-electron chi connectivity index (χ0n) is 14.1. The van der Waals surface area contributed by atoms with E-state index in [1.165, 1.54) is 11.1 Å². The van der Waals surface area contributed by atoms with Crippen molar-refractivity contribution in [2.24, 2.45) is 0 Å². The van der Waals surface area contributed by atoms with E-state index in [1.807, 2.05) is 66.7 Å². The first-order valence-corrected chi connectivity index (χ1v) is 8.47. The first-order chi connectivity index (χ1) is 12.3. The number of carbonyl (C=O) groups is 1. The smallest absolute Gasteiger partial charge is 0.251 e. The molecule has 0 saturated carbocycles. The maximum atomic E-state index is 12.2. The van der Waals surface area contributed by atoms with E-state index >= 15 is 0 Å². The van der Waals surface area contributed by atoms with Crippen molar-refractivity contribution in [2.75, 3.05) is 6.54 Å². The van der Waals surface area contributed by atoms with Crippen molar-refractivity contribution in [3.05, 3.63) is 108 Å². The highest BCUT2D eigenvalue weighted by atomic mass is 16.1. The van der Waals surface area contributed by atoms with E-state index in [9.17, 15) is 4.79 Å². The maximum Gasteiger partial charge on any atom is 0.251 e. The third kappa shape index (κ3) is 4.92. The van der Waals surface area contributed by atoms with Gasteiger partial charge in [-0.3, -0.25) is 4.79 Å². The minimum Gasteiger partial charge on any atom is -0.352 e. The Labute approximate surface area is 148 Å². The standard InChI is InChI=1S/C23H21NO/c25-23(21-14-8-3-9-15-21)24-17-16-22(20-12-6-2-7-13-20)18-19-10-4-1-5-11-19/h1-15,18H,16-17H2,(H,24,25)/b22-18+. The van der Waals surface area contributed by atoms with Crippen LogP contribution in [-0.2, 0) is 0 Å². The van der Waals surface area contributed by atoms with Gasteiger partial charge in [0.1, 0.15) is 0 Å². The van der Waals surface area contributed by atoms with Gasteiger partial charge >= 0.3 is 0 Å². The molecule has 0 fully saturated rings. The minimum atomic E-state index is -0.0345. The highest BCUT2D eigenvalue weighted by molar-refractivity contribution is 5.94. The number of amides is 1. The normalized spacial score (nSPS) is 11.1. The molecule has 3 aromatic carbocycles. The number of carbonyl (C=O) groups excluding carboxylic acids is 1. The minimum absolute atomic E-state index is 0.0345. The van der Waals surface area contributed by atoms with Crippen LogP contribution < -0.4 is 5.32 Å². The van der Waals surface area contributed by atoms with Crippen molar-refractivity contribution in [1.82, 2.24) is 5.32 Å². The zero-order chi connectivity index (χ0) is 17.3. The maximum absolute atomic E-state index is 12.2. The Kier molecular flexibility index (Phi) is 5.78. The average molecular weight is 327 g/mol. The second kappa shape index (κ2) is 8.65. The van der Waals surface area contributed by atoms with Gasteiger partial charge in [-0.05, 0) is 35.3 Å². The van der Waals surface area contributed by atoms with Gasteiger partial charge in [-0.25, -0.2) is 0 Å². The van der Waals surface area contributed by atoms with Gasteiger partial charge in [0.05, 0.1) is 0 Å². The van der Waals surface area contributed by atoms with Crippen LogP contribution >= 0.6 is 0 Å². The molecule has 0 atom stereocenters. The van der Waals surface area contributed by atoms with Gasteiger partial charge in [-0.15, -0.1) is 0 Å². The number of nitrogens with one attached hydrogen (secondary N) is 1. The highest BCUT2D eigenvalue weighted by Crippen LogP contribution is 2.21. The summed E-state index contributed by atoms with van der Waals surface area (Å²) in [5.41, 5.74) is 4.24. The summed E-state index contributed by atoms with van der Waals surface area (Å²) in [5, 5.41) is 3.01. The quantitative estimate of drug-likeness (QED) is 0.631. The van der Waals surface area contributed by atoms with Gasteiger partial charge in [0.15, 0.2) is 0 Å². The van der Waals surface area contributed by atoms with Gasteiger partial charge in [0.2, 0.25) is 0 Å². The number of benzene rings is 3. The summed E-state index contributed by atoms with van der Waals surface area (Å²) in [6.07, 6.45) is 2.96. The molecular weight excluding hydrogens is 306 g/mol. The molecular formula is C23H21NO. The van der Waals surface area contributed by atoms with E-state index in [0.717, 1.165) is 12.0 Å². The summed E-state index contributed by atoms with van der Waals surface area (Å²) in [5.74, 6) is -0.0345. The highest BCUT2D eigenvalue weighted by Gasteiger charge is 2.06. The number of hydrogen-bond donors (Lipinski definition) is 1. The van der Waals surface area contributed by atoms with Crippen LogP contribution in [0, 0.1) is 0 Å². The summed E-state index contributed by atoms with van der Waals surface area (Å²) < 4.78 is 0. The predicted molar refractivity (Wildman–Crippen MR) is 104 cm³/mol. The lowest BCUT2D eigenvalue weighted by Crippen LogP contribution is -2.24. The summed E-state index contributed by atoms with van der Waals surface area (Å²) in [6, 6.07) is 29.9. The fourth-order valence-corrected chi connectivity index (χ4v) is 2.70. The van der Waals surface area contributed by atoms with E-state index in [1.54, 1.807) is 0 Å². The van der Waals surface area contributed by atoms with E-state index in [2.05, 4.69) is 35.7 Å². The van der Waals surface area contributed by atoms with Crippen LogP contribution in [0.2, 0.25) is 0 Å². The lowest BCUT2D eigenvalue weighted by molar-refractivity contribution is 0.0954. The van der Waals surface area contributed by atoms with E-state index in [4.69, 9.17) is 0 Å². The Balaban J connectivity index is 1.71. The Hall–Kier alpha value is -3.13. The van der Waals surface area contributed by atoms with Crippen molar-refractivity contribution < 1.29 is 4.79 Å². The van der Waals surface area contributed by atoms with Gasteiger partial charge in [0, 0.05) is 12.1 Å². The molecule has 25 heavy (non-hydrogen) atoms. The predicted octanol–water partition coefficient (Wildman–Crippen LogP) is 5.05. The van der Waals surface area contributed by atoms with Gasteiger partial charge in [-0.2, -0.15) is 0 Å². The number of rotatable bonds is 6. The molecule has 124 valence electrons. The Bertz CT molecular complexity index is 824. The summed E-state index contributed by atoms with van der Waals surface area (Å²) in [6.45, 7) is 0.599. The molecule has 3 aromatic rings. The van der Waals surface area contributed by atoms with Gasteiger partial charge < -0.3 is 5.32 Å². The molecule has 0 bridgehead atoms. The van der Waals surface area contributed by atoms with E-state index in [-0.39, 0.29) is 5.91 Å². The molecule has 2 heteroatoms. The zero-order valence-corrected chi connectivity index (χ0v) is 14.1. The van der Waals surface area contributed by atoms with E-state index < -0.39 is 0 Å². The fraction of sp³-hybridized carbons (Fsp3) is 0.0870. The van der Waals surface area contributed by atoms with Crippen LogP contribution in [0.4, 0.5) is 0 Å². The molecule has 3 rings (SSSR count). The molecule has 0 aliphatic rings. The van der Waals surface area contributed by atoms with Crippen molar-refractivity contribution in [3.63, 3.8) is 0 Å². The third-order valence-corrected chi connectivity index (χ3v) is 4.00. The Morgan fingerprint density at radius 3 is 1.84 bits per heavy atom. The van der Waals surface area contributed by atoms with Crippen molar-refractivity contribution in [2.45, 2.75) is 6.42 Å². The van der Waals surface area contributed by atoms with Crippen molar-refractivity contribution in [3.8, 4) is 0 Å². The molecule has 2 nitrogen and oxygen atoms in total. The molecule has 0 radical (unpaired) electrons. The SMILES string of the molecule is O=C(NCC/C(=C\c1ccccc1)c1ccccc1)c1ccccc1. The molecule has 0 aromatic heterocycles. The van der Waals surface area contributed by atoms with Crippen LogP contribution in [0.3, 0.4) is 0 Å². The van der Waals surface area contributed by atoms with Crippen molar-refractivity contribution in [1.29, 1.82) is 0 Å². The lowest BCUT2D eigenvalue weighted by atomic mass is 10.00. The Morgan fingerprint density at radius 2 is 1.24 bits per heavy atom. The van der Waals surface area contributed by atoms with Crippen LogP contribution in [-0.4, -0.2) is 12.5 Å². The monoisotopic (exact) mass is 327 g/mol. The largest absolute Gasteiger partial charge is 0.352 e. The first-order valence-electron chi connectivity index (χ1n) is 8.47. The molecule has 0 spiro atoms. The van der Waals surface area contributed by atoms with E-state index in [0.29, 0.717) is 12.1 Å². The summed E-state index contributed by atoms with van der Waals surface area (Å²) in [4.78, 5) is 12.2. The molecule has 0 aliphatic heterocycles.